The Bertz CT molecular complexity index is 1550. The highest BCUT2D eigenvalue weighted by molar-refractivity contribution is 7.10. The van der Waals surface area contributed by atoms with Crippen molar-refractivity contribution >= 4 is 34.2 Å². The lowest BCUT2D eigenvalue weighted by atomic mass is 10.0. The zero-order chi connectivity index (χ0) is 27.9. The minimum absolute atomic E-state index is 0.0140. The molecule has 0 saturated heterocycles. The molecule has 0 spiro atoms. The molecule has 0 fully saturated rings. The molecule has 5 rings (SSSR count). The molecule has 4 heterocycles. The number of carboxylic acids is 1. The van der Waals surface area contributed by atoms with E-state index >= 15 is 0 Å². The van der Waals surface area contributed by atoms with E-state index in [-0.39, 0.29) is 42.5 Å². The lowest BCUT2D eigenvalue weighted by Crippen LogP contribution is -2.37. The highest BCUT2D eigenvalue weighted by Crippen LogP contribution is 2.36. The topological polar surface area (TPSA) is 93.9 Å². The van der Waals surface area contributed by atoms with E-state index in [1.807, 2.05) is 16.7 Å². The Morgan fingerprint density at radius 2 is 1.85 bits per heavy atom. The first-order chi connectivity index (χ1) is 18.6. The maximum Gasteiger partial charge on any atom is 0.425 e. The third kappa shape index (κ3) is 5.03. The van der Waals surface area contributed by atoms with Gasteiger partial charge in [0.2, 0.25) is 5.91 Å². The first-order valence-electron chi connectivity index (χ1n) is 12.0. The van der Waals surface area contributed by atoms with Crippen molar-refractivity contribution in [1.29, 1.82) is 0 Å². The van der Waals surface area contributed by atoms with Crippen LogP contribution >= 0.6 is 11.3 Å². The van der Waals surface area contributed by atoms with Crippen molar-refractivity contribution in [2.24, 2.45) is 0 Å². The third-order valence-corrected chi connectivity index (χ3v) is 7.80. The summed E-state index contributed by atoms with van der Waals surface area (Å²) in [6.45, 7) is 0.919. The number of carbonyl (C=O) groups excluding carboxylic acids is 1. The molecule has 0 radical (unpaired) electrons. The van der Waals surface area contributed by atoms with Crippen LogP contribution in [0.15, 0.2) is 41.9 Å². The minimum Gasteiger partial charge on any atom is -0.496 e. The molecule has 39 heavy (non-hydrogen) atoms. The van der Waals surface area contributed by atoms with Gasteiger partial charge in [0.1, 0.15) is 27.6 Å². The van der Waals surface area contributed by atoms with Crippen LogP contribution in [0, 0.1) is 0 Å². The van der Waals surface area contributed by atoms with E-state index in [0.29, 0.717) is 41.1 Å². The van der Waals surface area contributed by atoms with Gasteiger partial charge in [-0.15, -0.1) is 11.3 Å². The van der Waals surface area contributed by atoms with Crippen LogP contribution in [0.3, 0.4) is 0 Å². The maximum atomic E-state index is 13.4. The van der Waals surface area contributed by atoms with E-state index in [1.54, 1.807) is 11.1 Å². The number of hydrogen-bond donors (Lipinski definition) is 1. The van der Waals surface area contributed by atoms with Crippen molar-refractivity contribution < 1.29 is 37.3 Å². The second-order valence-corrected chi connectivity index (χ2v) is 10.0. The Morgan fingerprint density at radius 3 is 2.46 bits per heavy atom. The largest absolute Gasteiger partial charge is 0.496 e. The van der Waals surface area contributed by atoms with Crippen molar-refractivity contribution in [3.05, 3.63) is 74.7 Å². The summed E-state index contributed by atoms with van der Waals surface area (Å²) in [6, 6.07) is 7.92. The van der Waals surface area contributed by atoms with Gasteiger partial charge < -0.3 is 24.0 Å². The number of benzene rings is 1. The Kier molecular flexibility index (Phi) is 6.98. The van der Waals surface area contributed by atoms with Crippen LogP contribution in [0.25, 0.3) is 11.0 Å². The van der Waals surface area contributed by atoms with E-state index in [2.05, 4.69) is 4.98 Å². The number of aromatic carboxylic acids is 1. The predicted molar refractivity (Wildman–Crippen MR) is 137 cm³/mol. The predicted octanol–water partition coefficient (Wildman–Crippen LogP) is 5.01. The quantitative estimate of drug-likeness (QED) is 0.342. The molecule has 1 aliphatic heterocycles. The first kappa shape index (κ1) is 26.5. The lowest BCUT2D eigenvalue weighted by molar-refractivity contribution is -0.134. The summed E-state index contributed by atoms with van der Waals surface area (Å²) in [7, 11) is 2.69. The van der Waals surface area contributed by atoms with Gasteiger partial charge in [0.15, 0.2) is 0 Å². The number of aromatic nitrogens is 2. The van der Waals surface area contributed by atoms with Gasteiger partial charge >= 0.3 is 12.1 Å². The van der Waals surface area contributed by atoms with Gasteiger partial charge in [-0.25, -0.2) is 9.78 Å². The number of rotatable bonds is 7. The number of amides is 1. The zero-order valence-electron chi connectivity index (χ0n) is 21.0. The molecular formula is C27H24F3N3O5S. The Morgan fingerprint density at radius 1 is 1.13 bits per heavy atom. The second kappa shape index (κ2) is 10.3. The number of alkyl halides is 3. The average molecular weight is 560 g/mol. The second-order valence-electron chi connectivity index (χ2n) is 9.13. The number of pyridine rings is 1. The van der Waals surface area contributed by atoms with Gasteiger partial charge in [-0.05, 0) is 58.8 Å². The molecule has 0 bridgehead atoms. The van der Waals surface area contributed by atoms with E-state index in [9.17, 15) is 27.9 Å². The van der Waals surface area contributed by atoms with Gasteiger partial charge in [-0.2, -0.15) is 13.2 Å². The summed E-state index contributed by atoms with van der Waals surface area (Å²) in [5, 5.41) is 11.9. The van der Waals surface area contributed by atoms with Crippen LogP contribution in [0.1, 0.15) is 37.6 Å². The number of thiophene rings is 1. The van der Waals surface area contributed by atoms with Crippen LogP contribution in [-0.2, 0) is 36.9 Å². The Hall–Kier alpha value is -4.06. The fourth-order valence-corrected chi connectivity index (χ4v) is 5.77. The van der Waals surface area contributed by atoms with E-state index < -0.39 is 17.0 Å². The molecule has 8 nitrogen and oxygen atoms in total. The number of nitrogens with zero attached hydrogens (tertiary/aromatic N) is 3. The zero-order valence-corrected chi connectivity index (χ0v) is 21.9. The van der Waals surface area contributed by atoms with Crippen molar-refractivity contribution in [3.63, 3.8) is 0 Å². The fraction of sp³-hybridized carbons (Fsp3) is 0.296. The minimum atomic E-state index is -4.41. The number of ether oxygens (including phenoxy) is 2. The van der Waals surface area contributed by atoms with Gasteiger partial charge in [0.25, 0.3) is 0 Å². The molecule has 0 unspecified atom stereocenters. The molecule has 1 aromatic carbocycles. The molecule has 204 valence electrons. The van der Waals surface area contributed by atoms with Crippen molar-refractivity contribution in [1.82, 2.24) is 14.5 Å². The molecule has 0 saturated carbocycles. The highest BCUT2D eigenvalue weighted by atomic mass is 32.1. The van der Waals surface area contributed by atoms with Gasteiger partial charge in [0, 0.05) is 23.8 Å². The molecule has 0 atom stereocenters. The molecule has 3 aromatic heterocycles. The van der Waals surface area contributed by atoms with Gasteiger partial charge in [-0.3, -0.25) is 4.79 Å². The molecular weight excluding hydrogens is 535 g/mol. The van der Waals surface area contributed by atoms with Crippen molar-refractivity contribution in [2.45, 2.75) is 32.1 Å². The first-order valence-corrected chi connectivity index (χ1v) is 12.8. The SMILES string of the molecule is COc1cc(CC(=O)N2CCc3c(n(Cc4csc(C(F)(F)F)c4)c4ncccc34)C2)cc(OC)c1C(=O)O. The number of methoxy groups -OCH3 is 2. The summed E-state index contributed by atoms with van der Waals surface area (Å²) in [5.74, 6) is -1.22. The van der Waals surface area contributed by atoms with E-state index in [0.717, 1.165) is 22.7 Å². The summed E-state index contributed by atoms with van der Waals surface area (Å²) in [6.07, 6.45) is -2.21. The smallest absolute Gasteiger partial charge is 0.425 e. The summed E-state index contributed by atoms with van der Waals surface area (Å²) < 4.78 is 51.9. The number of hydrogen-bond acceptors (Lipinski definition) is 6. The van der Waals surface area contributed by atoms with E-state index in [4.69, 9.17) is 9.47 Å². The van der Waals surface area contributed by atoms with Gasteiger partial charge in [0.05, 0.1) is 33.7 Å². The molecule has 1 aliphatic rings. The maximum absolute atomic E-state index is 13.4. The van der Waals surface area contributed by atoms with Crippen LogP contribution in [0.4, 0.5) is 13.2 Å². The number of carboxylic acid groups (broad SMARTS) is 1. The van der Waals surface area contributed by atoms with Crippen molar-refractivity contribution in [3.8, 4) is 11.5 Å². The van der Waals surface area contributed by atoms with Crippen LogP contribution in [0.5, 0.6) is 11.5 Å². The summed E-state index contributed by atoms with van der Waals surface area (Å²) in [5.41, 5.74) is 3.44. The summed E-state index contributed by atoms with van der Waals surface area (Å²) >= 11 is 0.656. The third-order valence-electron chi connectivity index (χ3n) is 6.78. The average Bonchev–Trinajstić information content (AvgIpc) is 3.51. The monoisotopic (exact) mass is 559 g/mol. The molecule has 1 amide bonds. The van der Waals surface area contributed by atoms with Crippen LogP contribution in [0.2, 0.25) is 0 Å². The Labute approximate surface area is 225 Å². The number of carbonyl (C=O) groups is 2. The van der Waals surface area contributed by atoms with Crippen LogP contribution < -0.4 is 9.47 Å². The molecule has 1 N–H and O–H groups in total. The molecule has 12 heteroatoms. The standard InChI is InChI=1S/C27H24F3N3O5S/c1-37-20-8-15(9-21(38-2)24(20)26(35)36)11-23(34)32-7-5-17-18-4-3-6-31-25(18)33(19(17)13-32)12-16-10-22(39-14-16)27(28,29)30/h3-4,6,8-10,14H,5,7,11-13H2,1-2H3,(H,35,36). The van der Waals surface area contributed by atoms with E-state index in [1.165, 1.54) is 31.7 Å². The highest BCUT2D eigenvalue weighted by Gasteiger charge is 2.33. The lowest BCUT2D eigenvalue weighted by Gasteiger charge is -2.29. The Balaban J connectivity index is 1.44. The molecule has 0 aliphatic carbocycles. The fourth-order valence-electron chi connectivity index (χ4n) is 5.00. The number of halogens is 3. The van der Waals surface area contributed by atoms with Crippen molar-refractivity contribution in [2.75, 3.05) is 20.8 Å². The normalized spacial score (nSPS) is 13.4. The molecule has 4 aromatic rings. The summed E-state index contributed by atoms with van der Waals surface area (Å²) in [4.78, 5) is 30.6. The number of fused-ring (bicyclic) bond motifs is 3. The van der Waals surface area contributed by atoms with Gasteiger partial charge in [-0.1, -0.05) is 0 Å². The van der Waals surface area contributed by atoms with Crippen LogP contribution in [-0.4, -0.2) is 52.2 Å².